The zero-order valence-corrected chi connectivity index (χ0v) is 26.6. The number of carbonyl (C=O) groups excluding carboxylic acids is 2. The Morgan fingerprint density at radius 1 is 0.976 bits per heavy atom. The van der Waals surface area contributed by atoms with Gasteiger partial charge in [-0.3, -0.25) is 13.9 Å². The van der Waals surface area contributed by atoms with Crippen LogP contribution in [0.2, 0.25) is 5.02 Å². The summed E-state index contributed by atoms with van der Waals surface area (Å²) >= 11 is 6.40. The molecule has 0 heterocycles. The molecule has 2 amide bonds. The van der Waals surface area contributed by atoms with Crippen molar-refractivity contribution in [2.45, 2.75) is 71.0 Å². The first-order chi connectivity index (χ1) is 19.9. The van der Waals surface area contributed by atoms with E-state index in [2.05, 4.69) is 5.32 Å². The van der Waals surface area contributed by atoms with E-state index in [1.807, 2.05) is 33.8 Å². The van der Waals surface area contributed by atoms with Gasteiger partial charge in [-0.05, 0) is 81.1 Å². The summed E-state index contributed by atoms with van der Waals surface area (Å²) in [5, 5.41) is 3.35. The lowest BCUT2D eigenvalue weighted by atomic mass is 10.1. The summed E-state index contributed by atoms with van der Waals surface area (Å²) in [6, 6.07) is 17.7. The number of amides is 2. The standard InChI is InChI=1S/C32H40ClN3O5S/c1-7-23(4)34-32(38)29(8-2)35(20-25-11-9-12-26(19-25)41-6)31(37)21-36(30-14-10-13-28(33)24(30)5)42(39,40)27-17-15-22(3)16-18-27/h9-19,23,29H,7-8,20-21H2,1-6H3,(H,34,38)/t23-,29+/m1/s1. The molecule has 0 saturated heterocycles. The van der Waals surface area contributed by atoms with Gasteiger partial charge in [-0.1, -0.05) is 61.3 Å². The third-order valence-corrected chi connectivity index (χ3v) is 9.45. The van der Waals surface area contributed by atoms with Crippen molar-refractivity contribution in [3.8, 4) is 5.75 Å². The van der Waals surface area contributed by atoms with Crippen LogP contribution in [-0.2, 0) is 26.2 Å². The molecule has 10 heteroatoms. The quantitative estimate of drug-likeness (QED) is 0.260. The summed E-state index contributed by atoms with van der Waals surface area (Å²) < 4.78 is 34.6. The minimum Gasteiger partial charge on any atom is -0.497 e. The maximum Gasteiger partial charge on any atom is 0.264 e. The van der Waals surface area contributed by atoms with Crippen LogP contribution in [0.3, 0.4) is 0 Å². The normalized spacial score (nSPS) is 12.7. The van der Waals surface area contributed by atoms with Crippen molar-refractivity contribution in [2.75, 3.05) is 18.0 Å². The summed E-state index contributed by atoms with van der Waals surface area (Å²) in [5.74, 6) is -0.218. The van der Waals surface area contributed by atoms with Crippen LogP contribution >= 0.6 is 11.6 Å². The molecular weight excluding hydrogens is 574 g/mol. The third kappa shape index (κ3) is 7.83. The third-order valence-electron chi connectivity index (χ3n) is 7.27. The number of rotatable bonds is 13. The van der Waals surface area contributed by atoms with Gasteiger partial charge in [0.15, 0.2) is 0 Å². The Morgan fingerprint density at radius 2 is 1.64 bits per heavy atom. The molecule has 0 aromatic heterocycles. The molecule has 0 bridgehead atoms. The Labute approximate surface area is 254 Å². The zero-order valence-electron chi connectivity index (χ0n) is 25.1. The van der Waals surface area contributed by atoms with Gasteiger partial charge in [0.05, 0.1) is 17.7 Å². The van der Waals surface area contributed by atoms with E-state index in [4.69, 9.17) is 16.3 Å². The first-order valence-electron chi connectivity index (χ1n) is 14.0. The van der Waals surface area contributed by atoms with Gasteiger partial charge < -0.3 is 15.0 Å². The molecule has 0 radical (unpaired) electrons. The molecule has 3 aromatic carbocycles. The zero-order chi connectivity index (χ0) is 31.0. The second kappa shape index (κ2) is 14.6. The average molecular weight is 614 g/mol. The van der Waals surface area contributed by atoms with Gasteiger partial charge in [0, 0.05) is 17.6 Å². The number of nitrogens with one attached hydrogen (secondary N) is 1. The van der Waals surface area contributed by atoms with Crippen LogP contribution in [-0.4, -0.2) is 50.9 Å². The lowest BCUT2D eigenvalue weighted by Crippen LogP contribution is -2.53. The SMILES string of the molecule is CC[C@@H](C)NC(=O)[C@H](CC)N(Cc1cccc(OC)c1)C(=O)CN(c1cccc(Cl)c1C)S(=O)(=O)c1ccc(C)cc1. The van der Waals surface area contributed by atoms with Crippen molar-refractivity contribution < 1.29 is 22.7 Å². The predicted octanol–water partition coefficient (Wildman–Crippen LogP) is 5.88. The van der Waals surface area contributed by atoms with Crippen LogP contribution in [0.5, 0.6) is 5.75 Å². The maximum absolute atomic E-state index is 14.2. The second-order valence-corrected chi connectivity index (χ2v) is 12.6. The van der Waals surface area contributed by atoms with Crippen LogP contribution in [0.4, 0.5) is 5.69 Å². The summed E-state index contributed by atoms with van der Waals surface area (Å²) in [4.78, 5) is 29.2. The minimum absolute atomic E-state index is 0.0428. The summed E-state index contributed by atoms with van der Waals surface area (Å²) in [5.41, 5.74) is 2.45. The van der Waals surface area contributed by atoms with Crippen LogP contribution < -0.4 is 14.4 Å². The molecule has 0 saturated carbocycles. The molecule has 0 aliphatic carbocycles. The van der Waals surface area contributed by atoms with E-state index < -0.39 is 28.5 Å². The molecule has 226 valence electrons. The van der Waals surface area contributed by atoms with Crippen molar-refractivity contribution in [3.05, 3.63) is 88.4 Å². The van der Waals surface area contributed by atoms with E-state index in [9.17, 15) is 18.0 Å². The van der Waals surface area contributed by atoms with E-state index >= 15 is 0 Å². The Balaban J connectivity index is 2.11. The summed E-state index contributed by atoms with van der Waals surface area (Å²) in [6.07, 6.45) is 1.06. The van der Waals surface area contributed by atoms with Gasteiger partial charge >= 0.3 is 0 Å². The molecule has 2 atom stereocenters. The van der Waals surface area contributed by atoms with Gasteiger partial charge in [0.2, 0.25) is 11.8 Å². The van der Waals surface area contributed by atoms with Crippen LogP contribution in [0.25, 0.3) is 0 Å². The number of nitrogens with zero attached hydrogens (tertiary/aromatic N) is 2. The number of hydrogen-bond acceptors (Lipinski definition) is 5. The number of anilines is 1. The van der Waals surface area contributed by atoms with E-state index in [1.54, 1.807) is 62.6 Å². The first-order valence-corrected chi connectivity index (χ1v) is 15.8. The molecule has 0 aliphatic rings. The van der Waals surface area contributed by atoms with E-state index in [0.29, 0.717) is 22.8 Å². The fraction of sp³-hybridized carbons (Fsp3) is 0.375. The van der Waals surface area contributed by atoms with Crippen LogP contribution in [0.15, 0.2) is 71.6 Å². The first kappa shape index (κ1) is 32.9. The topological polar surface area (TPSA) is 96.0 Å². The van der Waals surface area contributed by atoms with Crippen LogP contribution in [0, 0.1) is 13.8 Å². The highest BCUT2D eigenvalue weighted by Crippen LogP contribution is 2.31. The Bertz CT molecular complexity index is 1490. The van der Waals surface area contributed by atoms with Gasteiger partial charge in [0.1, 0.15) is 18.3 Å². The molecule has 0 unspecified atom stereocenters. The lowest BCUT2D eigenvalue weighted by Gasteiger charge is -2.34. The van der Waals surface area contributed by atoms with Crippen molar-refractivity contribution in [3.63, 3.8) is 0 Å². The fourth-order valence-corrected chi connectivity index (χ4v) is 6.19. The second-order valence-electron chi connectivity index (χ2n) is 10.3. The van der Waals surface area contributed by atoms with Gasteiger partial charge in [-0.25, -0.2) is 8.42 Å². The number of hydrogen-bond donors (Lipinski definition) is 1. The molecule has 0 fully saturated rings. The Kier molecular flexibility index (Phi) is 11.4. The van der Waals surface area contributed by atoms with E-state index in [-0.39, 0.29) is 29.1 Å². The number of halogens is 1. The molecule has 42 heavy (non-hydrogen) atoms. The number of carbonyl (C=O) groups is 2. The van der Waals surface area contributed by atoms with Crippen molar-refractivity contribution in [2.24, 2.45) is 0 Å². The summed E-state index contributed by atoms with van der Waals surface area (Å²) in [7, 11) is -2.64. The number of benzene rings is 3. The predicted molar refractivity (Wildman–Crippen MR) is 167 cm³/mol. The van der Waals surface area contributed by atoms with Crippen LogP contribution in [0.1, 0.15) is 50.3 Å². The number of methoxy groups -OCH3 is 1. The highest BCUT2D eigenvalue weighted by molar-refractivity contribution is 7.92. The molecule has 1 N–H and O–H groups in total. The highest BCUT2D eigenvalue weighted by atomic mass is 35.5. The molecule has 0 aliphatic heterocycles. The smallest absolute Gasteiger partial charge is 0.264 e. The number of aryl methyl sites for hydroxylation is 1. The largest absolute Gasteiger partial charge is 0.497 e. The molecule has 3 rings (SSSR count). The molecule has 8 nitrogen and oxygen atoms in total. The van der Waals surface area contributed by atoms with Crippen molar-refractivity contribution >= 4 is 39.1 Å². The van der Waals surface area contributed by atoms with Gasteiger partial charge in [-0.2, -0.15) is 0 Å². The highest BCUT2D eigenvalue weighted by Gasteiger charge is 2.34. The maximum atomic E-state index is 14.2. The molecule has 3 aromatic rings. The average Bonchev–Trinajstić information content (AvgIpc) is 2.97. The Hall–Kier alpha value is -3.56. The number of ether oxygens (including phenoxy) is 1. The summed E-state index contributed by atoms with van der Waals surface area (Å²) in [6.45, 7) is 8.81. The minimum atomic E-state index is -4.19. The number of sulfonamides is 1. The van der Waals surface area contributed by atoms with Crippen molar-refractivity contribution in [1.29, 1.82) is 0 Å². The van der Waals surface area contributed by atoms with E-state index in [1.165, 1.54) is 17.0 Å². The Morgan fingerprint density at radius 3 is 2.26 bits per heavy atom. The molecule has 0 spiro atoms. The fourth-order valence-electron chi connectivity index (χ4n) is 4.55. The lowest BCUT2D eigenvalue weighted by molar-refractivity contribution is -0.140. The monoisotopic (exact) mass is 613 g/mol. The van der Waals surface area contributed by atoms with Gasteiger partial charge in [0.25, 0.3) is 10.0 Å². The van der Waals surface area contributed by atoms with Gasteiger partial charge in [-0.15, -0.1) is 0 Å². The van der Waals surface area contributed by atoms with E-state index in [0.717, 1.165) is 21.9 Å². The van der Waals surface area contributed by atoms with Crippen molar-refractivity contribution in [1.82, 2.24) is 10.2 Å². The molecular formula is C32H40ClN3O5S.